The molecule has 24 heavy (non-hydrogen) atoms. The van der Waals surface area contributed by atoms with Gasteiger partial charge in [0.05, 0.1) is 10.6 Å². The Kier molecular flexibility index (Phi) is 4.36. The predicted molar refractivity (Wildman–Crippen MR) is 86.1 cm³/mol. The van der Waals surface area contributed by atoms with Gasteiger partial charge in [0.15, 0.2) is 0 Å². The van der Waals surface area contributed by atoms with Crippen molar-refractivity contribution in [3.8, 4) is 0 Å². The van der Waals surface area contributed by atoms with Crippen LogP contribution in [0.25, 0.3) is 0 Å². The van der Waals surface area contributed by atoms with Gasteiger partial charge in [0.25, 0.3) is 5.91 Å². The zero-order valence-corrected chi connectivity index (χ0v) is 13.4. The molecule has 1 aliphatic carbocycles. The van der Waals surface area contributed by atoms with Crippen molar-refractivity contribution in [2.45, 2.75) is 29.9 Å². The summed E-state index contributed by atoms with van der Waals surface area (Å²) in [6, 6.07) is 10.5. The summed E-state index contributed by atoms with van der Waals surface area (Å²) >= 11 is 0. The fourth-order valence-corrected chi connectivity index (χ4v) is 3.71. The van der Waals surface area contributed by atoms with Crippen LogP contribution in [0.3, 0.4) is 0 Å². The molecule has 0 saturated heterocycles. The third-order valence-electron chi connectivity index (χ3n) is 4.04. The number of benzene rings is 2. The van der Waals surface area contributed by atoms with E-state index in [0.717, 1.165) is 30.9 Å². The summed E-state index contributed by atoms with van der Waals surface area (Å²) in [6.07, 6.45) is 2.91. The molecule has 0 spiro atoms. The van der Waals surface area contributed by atoms with Crippen LogP contribution in [-0.4, -0.2) is 20.1 Å². The molecule has 0 heterocycles. The molecule has 126 valence electrons. The maximum Gasteiger partial charge on any atom is 0.341 e. The number of rotatable bonds is 4. The normalized spacial score (nSPS) is 13.8. The fraction of sp³-hybridized carbons (Fsp3) is 0.235. The van der Waals surface area contributed by atoms with Crippen molar-refractivity contribution in [2.24, 2.45) is 0 Å². The number of alkyl halides is 2. The van der Waals surface area contributed by atoms with E-state index in [9.17, 15) is 22.0 Å². The lowest BCUT2D eigenvalue weighted by molar-refractivity contribution is 0.102. The van der Waals surface area contributed by atoms with Crippen LogP contribution in [0.4, 0.5) is 14.5 Å². The van der Waals surface area contributed by atoms with Gasteiger partial charge in [-0.15, -0.1) is 0 Å². The molecule has 3 rings (SSSR count). The second kappa shape index (κ2) is 6.32. The largest absolute Gasteiger partial charge is 0.341 e. The van der Waals surface area contributed by atoms with Crippen LogP contribution in [0, 0.1) is 0 Å². The zero-order chi connectivity index (χ0) is 17.3. The summed E-state index contributed by atoms with van der Waals surface area (Å²) in [5.74, 6) is -4.07. The molecule has 4 nitrogen and oxygen atoms in total. The quantitative estimate of drug-likeness (QED) is 0.918. The molecule has 0 aliphatic heterocycles. The number of aryl methyl sites for hydroxylation is 2. The smallest absolute Gasteiger partial charge is 0.321 e. The van der Waals surface area contributed by atoms with Gasteiger partial charge in [-0.3, -0.25) is 4.79 Å². The monoisotopic (exact) mass is 351 g/mol. The number of carbonyl (C=O) groups is 1. The van der Waals surface area contributed by atoms with Gasteiger partial charge in [-0.2, -0.15) is 8.78 Å². The van der Waals surface area contributed by atoms with Crippen molar-refractivity contribution in [3.05, 3.63) is 59.2 Å². The minimum Gasteiger partial charge on any atom is -0.321 e. The highest BCUT2D eigenvalue weighted by molar-refractivity contribution is 7.91. The van der Waals surface area contributed by atoms with Crippen LogP contribution in [0.2, 0.25) is 0 Å². The summed E-state index contributed by atoms with van der Waals surface area (Å²) in [5.41, 5.74) is 2.52. The van der Waals surface area contributed by atoms with Gasteiger partial charge in [0.2, 0.25) is 9.84 Å². The van der Waals surface area contributed by atoms with Crippen LogP contribution in [0.15, 0.2) is 47.4 Å². The van der Waals surface area contributed by atoms with E-state index < -0.39 is 26.4 Å². The Bertz CT molecular complexity index is 894. The second-order valence-electron chi connectivity index (χ2n) is 5.59. The maximum absolute atomic E-state index is 12.8. The second-order valence-corrected chi connectivity index (χ2v) is 7.48. The van der Waals surface area contributed by atoms with Crippen LogP contribution in [-0.2, 0) is 22.7 Å². The van der Waals surface area contributed by atoms with Crippen molar-refractivity contribution in [3.63, 3.8) is 0 Å². The summed E-state index contributed by atoms with van der Waals surface area (Å²) in [6.45, 7) is 0. The van der Waals surface area contributed by atoms with Gasteiger partial charge in [-0.05, 0) is 54.7 Å². The van der Waals surface area contributed by atoms with Crippen molar-refractivity contribution < 1.29 is 22.0 Å². The van der Waals surface area contributed by atoms with Crippen LogP contribution < -0.4 is 5.32 Å². The first-order chi connectivity index (χ1) is 11.4. The predicted octanol–water partition coefficient (Wildman–Crippen LogP) is 3.42. The molecule has 0 aromatic heterocycles. The van der Waals surface area contributed by atoms with Crippen LogP contribution in [0.5, 0.6) is 0 Å². The molecular formula is C17H15F2NO3S. The lowest BCUT2D eigenvalue weighted by Crippen LogP contribution is -2.18. The average molecular weight is 351 g/mol. The van der Waals surface area contributed by atoms with Gasteiger partial charge in [0, 0.05) is 5.56 Å². The summed E-state index contributed by atoms with van der Waals surface area (Å²) < 4.78 is 49.0. The third-order valence-corrected chi connectivity index (χ3v) is 5.48. The van der Waals surface area contributed by atoms with Gasteiger partial charge < -0.3 is 5.32 Å². The van der Waals surface area contributed by atoms with Gasteiger partial charge in [-0.1, -0.05) is 18.2 Å². The number of nitrogens with one attached hydrogen (secondary N) is 1. The molecule has 2 aromatic rings. The molecule has 0 radical (unpaired) electrons. The number of halogens is 2. The van der Waals surface area contributed by atoms with E-state index in [4.69, 9.17) is 0 Å². The topological polar surface area (TPSA) is 63.2 Å². The first kappa shape index (κ1) is 16.6. The first-order valence-electron chi connectivity index (χ1n) is 7.44. The van der Waals surface area contributed by atoms with Crippen LogP contribution in [0.1, 0.15) is 27.9 Å². The van der Waals surface area contributed by atoms with E-state index in [0.29, 0.717) is 5.56 Å². The van der Waals surface area contributed by atoms with Crippen molar-refractivity contribution in [1.82, 2.24) is 0 Å². The number of carbonyl (C=O) groups excluding carboxylic acids is 1. The van der Waals surface area contributed by atoms with Crippen molar-refractivity contribution in [1.29, 1.82) is 0 Å². The van der Waals surface area contributed by atoms with E-state index in [-0.39, 0.29) is 5.69 Å². The summed E-state index contributed by atoms with van der Waals surface area (Å²) in [7, 11) is -4.79. The molecule has 1 aliphatic rings. The van der Waals surface area contributed by atoms with Crippen molar-refractivity contribution in [2.75, 3.05) is 5.32 Å². The fourth-order valence-electron chi connectivity index (χ4n) is 2.82. The summed E-state index contributed by atoms with van der Waals surface area (Å²) in [5, 5.41) is 2.43. The zero-order valence-electron chi connectivity index (χ0n) is 12.6. The molecule has 0 atom stereocenters. The van der Waals surface area contributed by atoms with Gasteiger partial charge in [-0.25, -0.2) is 8.42 Å². The Hall–Kier alpha value is -2.28. The Morgan fingerprint density at radius 3 is 2.50 bits per heavy atom. The minimum atomic E-state index is -4.79. The molecule has 7 heteroatoms. The number of para-hydroxylation sites is 1. The Morgan fingerprint density at radius 1 is 1.04 bits per heavy atom. The lowest BCUT2D eigenvalue weighted by atomic mass is 10.1. The highest BCUT2D eigenvalue weighted by Crippen LogP contribution is 2.27. The van der Waals surface area contributed by atoms with Gasteiger partial charge in [0.1, 0.15) is 0 Å². The third kappa shape index (κ3) is 3.03. The molecule has 1 N–H and O–H groups in total. The average Bonchev–Trinajstić information content (AvgIpc) is 3.02. The van der Waals surface area contributed by atoms with E-state index >= 15 is 0 Å². The first-order valence-corrected chi connectivity index (χ1v) is 8.98. The Labute approximate surface area is 138 Å². The molecule has 0 fully saturated rings. The standard InChI is InChI=1S/C17H15F2NO3S/c18-17(19)24(22,23)15-7-2-1-6-14(15)20-16(21)13-9-8-11-4-3-5-12(11)10-13/h1-2,6-10,17H,3-5H2,(H,20,21). The summed E-state index contributed by atoms with van der Waals surface area (Å²) in [4.78, 5) is 11.8. The Balaban J connectivity index is 1.91. The van der Waals surface area contributed by atoms with E-state index in [1.54, 1.807) is 12.1 Å². The number of sulfone groups is 1. The molecule has 0 bridgehead atoms. The lowest BCUT2D eigenvalue weighted by Gasteiger charge is -2.12. The number of hydrogen-bond acceptors (Lipinski definition) is 3. The van der Waals surface area contributed by atoms with E-state index in [2.05, 4.69) is 5.32 Å². The number of amides is 1. The number of anilines is 1. The highest BCUT2D eigenvalue weighted by atomic mass is 32.2. The molecule has 2 aromatic carbocycles. The SMILES string of the molecule is O=C(Nc1ccccc1S(=O)(=O)C(F)F)c1ccc2c(c1)CCC2. The van der Waals surface area contributed by atoms with E-state index in [1.165, 1.54) is 23.8 Å². The van der Waals surface area contributed by atoms with E-state index in [1.807, 2.05) is 6.07 Å². The van der Waals surface area contributed by atoms with Crippen LogP contribution >= 0.6 is 0 Å². The molecule has 0 unspecified atom stereocenters. The Morgan fingerprint density at radius 2 is 1.75 bits per heavy atom. The van der Waals surface area contributed by atoms with Gasteiger partial charge >= 0.3 is 5.76 Å². The van der Waals surface area contributed by atoms with Crippen molar-refractivity contribution >= 4 is 21.4 Å². The minimum absolute atomic E-state index is 0.150. The molecule has 1 amide bonds. The molecular weight excluding hydrogens is 336 g/mol. The number of fused-ring (bicyclic) bond motifs is 1. The highest BCUT2D eigenvalue weighted by Gasteiger charge is 2.29. The maximum atomic E-state index is 12.8. The molecule has 0 saturated carbocycles. The number of hydrogen-bond donors (Lipinski definition) is 1.